The zero-order valence-electron chi connectivity index (χ0n) is 9.44. The first-order valence-corrected chi connectivity index (χ1v) is 8.90. The third kappa shape index (κ3) is 2.86. The lowest BCUT2D eigenvalue weighted by molar-refractivity contribution is 0.409. The van der Waals surface area contributed by atoms with Crippen LogP contribution in [0.1, 0.15) is 0 Å². The quantitative estimate of drug-likeness (QED) is 0.467. The predicted octanol–water partition coefficient (Wildman–Crippen LogP) is 0.122. The van der Waals surface area contributed by atoms with E-state index in [0.717, 1.165) is 12.2 Å². The first-order valence-electron chi connectivity index (χ1n) is 4.52. The van der Waals surface area contributed by atoms with Gasteiger partial charge < -0.3 is 4.55 Å². The molecular weight excluding hydrogens is 300 g/mol. The molecule has 0 aliphatic rings. The van der Waals surface area contributed by atoms with Gasteiger partial charge in [0.1, 0.15) is 5.75 Å². The van der Waals surface area contributed by atoms with Crippen LogP contribution < -0.4 is 0 Å². The van der Waals surface area contributed by atoms with E-state index in [1.54, 1.807) is 0 Å². The molecular formula is C9H13O6S3. The molecule has 9 heteroatoms. The van der Waals surface area contributed by atoms with Crippen LogP contribution >= 0.6 is 0 Å². The van der Waals surface area contributed by atoms with Gasteiger partial charge in [-0.05, 0) is 23.3 Å². The van der Waals surface area contributed by atoms with Gasteiger partial charge in [-0.25, -0.2) is 8.42 Å². The molecule has 0 amide bonds. The van der Waals surface area contributed by atoms with E-state index in [0.29, 0.717) is 6.08 Å². The van der Waals surface area contributed by atoms with Gasteiger partial charge in [-0.2, -0.15) is 8.42 Å². The standard InChI is InChI=1S/C9H13O6S3/c1-4-7-16(10)9(6-3,18(13,14)15)17(11,12)8-5-2/h4-6H,1-3,7-8H2. The average Bonchev–Trinajstić information content (AvgIpc) is 2.16. The molecule has 103 valence electrons. The topological polar surface area (TPSA) is 111 Å². The fourth-order valence-electron chi connectivity index (χ4n) is 1.23. The van der Waals surface area contributed by atoms with Crippen LogP contribution in [0, 0.1) is 0 Å². The Morgan fingerprint density at radius 3 is 1.89 bits per heavy atom. The molecule has 0 aliphatic carbocycles. The number of hydrogen-bond donors (Lipinski definition) is 0. The zero-order chi connectivity index (χ0) is 14.6. The van der Waals surface area contributed by atoms with E-state index >= 15 is 0 Å². The monoisotopic (exact) mass is 313 g/mol. The minimum atomic E-state index is -5.43. The maximum Gasteiger partial charge on any atom is 0.367 e. The van der Waals surface area contributed by atoms with Crippen LogP contribution in [-0.2, 0) is 35.7 Å². The van der Waals surface area contributed by atoms with Gasteiger partial charge in [-0.3, -0.25) is 0 Å². The molecule has 2 unspecified atom stereocenters. The first kappa shape index (κ1) is 17.4. The molecule has 6 nitrogen and oxygen atoms in total. The summed E-state index contributed by atoms with van der Waals surface area (Å²) in [6.07, 6.45) is 2.36. The van der Waals surface area contributed by atoms with Crippen LogP contribution in [0.3, 0.4) is 0 Å². The van der Waals surface area contributed by atoms with E-state index in [2.05, 4.69) is 19.7 Å². The Bertz CT molecular complexity index is 533. The zero-order valence-corrected chi connectivity index (χ0v) is 11.9. The molecule has 18 heavy (non-hydrogen) atoms. The first-order chi connectivity index (χ1) is 8.10. The fourth-order valence-corrected chi connectivity index (χ4v) is 6.96. The van der Waals surface area contributed by atoms with Crippen molar-refractivity contribution >= 4 is 31.1 Å². The van der Waals surface area contributed by atoms with Crippen molar-refractivity contribution < 1.29 is 25.9 Å². The summed E-state index contributed by atoms with van der Waals surface area (Å²) in [4.78, 5) is 0. The summed E-state index contributed by atoms with van der Waals surface area (Å²) in [5.41, 5.74) is 0. The average molecular weight is 313 g/mol. The van der Waals surface area contributed by atoms with E-state index in [-0.39, 0.29) is 0 Å². The number of sulfone groups is 1. The largest absolute Gasteiger partial charge is 0.614 e. The molecule has 1 radical (unpaired) electrons. The minimum absolute atomic E-state index is 0.397. The lowest BCUT2D eigenvalue weighted by Crippen LogP contribution is -2.52. The molecule has 0 fully saturated rings. The van der Waals surface area contributed by atoms with E-state index in [9.17, 15) is 25.9 Å². The third-order valence-electron chi connectivity index (χ3n) is 1.96. The second-order valence-corrected chi connectivity index (χ2v) is 9.34. The van der Waals surface area contributed by atoms with Gasteiger partial charge in [0.2, 0.25) is 9.84 Å². The number of rotatable bonds is 8. The lowest BCUT2D eigenvalue weighted by Gasteiger charge is -2.27. The summed E-state index contributed by atoms with van der Waals surface area (Å²) in [7, 11) is -9.98. The highest BCUT2D eigenvalue weighted by atomic mass is 32.3. The number of hydrogen-bond acceptors (Lipinski definition) is 5. The van der Waals surface area contributed by atoms with Gasteiger partial charge in [-0.15, -0.1) is 6.58 Å². The van der Waals surface area contributed by atoms with Crippen molar-refractivity contribution in [1.29, 1.82) is 0 Å². The molecule has 0 N–H and O–H groups in total. The van der Waals surface area contributed by atoms with Gasteiger partial charge in [0.15, 0.2) is 0 Å². The molecule has 0 aromatic carbocycles. The highest BCUT2D eigenvalue weighted by Gasteiger charge is 2.62. The second kappa shape index (κ2) is 6.02. The van der Waals surface area contributed by atoms with Crippen molar-refractivity contribution in [1.82, 2.24) is 0 Å². The molecule has 0 rings (SSSR count). The van der Waals surface area contributed by atoms with Gasteiger partial charge in [-0.1, -0.05) is 23.8 Å². The van der Waals surface area contributed by atoms with Crippen molar-refractivity contribution in [2.24, 2.45) is 0 Å². The van der Waals surface area contributed by atoms with Gasteiger partial charge >= 0.3 is 13.5 Å². The normalized spacial score (nSPS) is 17.4. The van der Waals surface area contributed by atoms with E-state index in [4.69, 9.17) is 0 Å². The molecule has 0 saturated carbocycles. The van der Waals surface area contributed by atoms with Crippen molar-refractivity contribution in [2.45, 2.75) is 3.41 Å². The van der Waals surface area contributed by atoms with Crippen molar-refractivity contribution in [3.63, 3.8) is 0 Å². The Morgan fingerprint density at radius 1 is 1.11 bits per heavy atom. The van der Waals surface area contributed by atoms with Crippen molar-refractivity contribution in [2.75, 3.05) is 11.5 Å². The molecule has 0 heterocycles. The molecule has 0 aromatic heterocycles. The summed E-state index contributed by atoms with van der Waals surface area (Å²) in [5, 5.41) is 0. The van der Waals surface area contributed by atoms with E-state index in [1.807, 2.05) is 0 Å². The summed E-state index contributed by atoms with van der Waals surface area (Å²) in [6, 6.07) is 0. The Labute approximate surface area is 110 Å². The third-order valence-corrected chi connectivity index (χ3v) is 9.73. The summed E-state index contributed by atoms with van der Waals surface area (Å²) in [6.45, 7) is 9.40. The summed E-state index contributed by atoms with van der Waals surface area (Å²) >= 11 is -2.53. The van der Waals surface area contributed by atoms with E-state index < -0.39 is 46.0 Å². The molecule has 2 atom stereocenters. The van der Waals surface area contributed by atoms with Crippen molar-refractivity contribution in [3.05, 3.63) is 38.0 Å². The summed E-state index contributed by atoms with van der Waals surface area (Å²) in [5.74, 6) is -1.27. The highest BCUT2D eigenvalue weighted by molar-refractivity contribution is 8.24. The molecule has 0 aromatic rings. The maximum atomic E-state index is 11.9. The Morgan fingerprint density at radius 2 is 1.61 bits per heavy atom. The van der Waals surface area contributed by atoms with Crippen molar-refractivity contribution in [3.8, 4) is 0 Å². The maximum absolute atomic E-state index is 11.9. The fraction of sp³-hybridized carbons (Fsp3) is 0.333. The minimum Gasteiger partial charge on any atom is -0.614 e. The second-order valence-electron chi connectivity index (χ2n) is 3.13. The van der Waals surface area contributed by atoms with Crippen LogP contribution in [0.5, 0.6) is 0 Å². The van der Waals surface area contributed by atoms with Crippen LogP contribution in [0.15, 0.2) is 38.0 Å². The van der Waals surface area contributed by atoms with Crippen LogP contribution in [0.25, 0.3) is 0 Å². The molecule has 0 aliphatic heterocycles. The Hall–Kier alpha value is -0.610. The van der Waals surface area contributed by atoms with Gasteiger partial charge in [0.05, 0.1) is 5.75 Å². The SMILES string of the molecule is C=CC[S+]([O-])C(C=C)(S([O])(=O)=O)S(=O)(=O)CC=C. The lowest BCUT2D eigenvalue weighted by atomic mass is 10.7. The Kier molecular flexibility index (Phi) is 5.82. The smallest absolute Gasteiger partial charge is 0.367 e. The van der Waals surface area contributed by atoms with E-state index in [1.165, 1.54) is 0 Å². The van der Waals surface area contributed by atoms with Crippen LogP contribution in [0.2, 0.25) is 0 Å². The molecule has 0 spiro atoms. The molecule has 0 saturated heterocycles. The van der Waals surface area contributed by atoms with Crippen LogP contribution in [-0.4, -0.2) is 36.3 Å². The Balaban J connectivity index is 6.25. The highest BCUT2D eigenvalue weighted by Crippen LogP contribution is 2.34. The predicted molar refractivity (Wildman–Crippen MR) is 69.7 cm³/mol. The van der Waals surface area contributed by atoms with Gasteiger partial charge in [0.25, 0.3) is 0 Å². The van der Waals surface area contributed by atoms with Crippen LogP contribution in [0.4, 0.5) is 0 Å². The molecule has 0 bridgehead atoms. The summed E-state index contributed by atoms with van der Waals surface area (Å²) < 4.78 is 66.3. The van der Waals surface area contributed by atoms with Gasteiger partial charge in [0, 0.05) is 0 Å².